The summed E-state index contributed by atoms with van der Waals surface area (Å²) in [4.78, 5) is 17.8. The molecule has 35 heavy (non-hydrogen) atoms. The number of para-hydroxylation sites is 1. The molecule has 4 aromatic rings. The number of allylic oxidation sites excluding steroid dienone is 1. The Morgan fingerprint density at radius 2 is 1.80 bits per heavy atom. The Hall–Kier alpha value is -4.46. The molecule has 1 aliphatic heterocycles. The third-order valence-corrected chi connectivity index (χ3v) is 5.98. The second kappa shape index (κ2) is 9.42. The first kappa shape index (κ1) is 22.3. The Balaban J connectivity index is 1.42. The molecular weight excluding hydrogens is 445 g/mol. The molecule has 8 heteroatoms. The van der Waals surface area contributed by atoms with Crippen LogP contribution in [0.15, 0.2) is 90.4 Å². The molecular formula is C27H24FN5O2. The predicted octanol–water partition coefficient (Wildman–Crippen LogP) is 5.23. The number of nitrogens with zero attached hydrogens (tertiary/aromatic N) is 3. The van der Waals surface area contributed by atoms with Crippen molar-refractivity contribution in [3.8, 4) is 5.75 Å². The third-order valence-electron chi connectivity index (χ3n) is 5.98. The summed E-state index contributed by atoms with van der Waals surface area (Å²) in [5.74, 6) is 0.619. The minimum Gasteiger partial charge on any atom is -0.489 e. The molecule has 0 spiro atoms. The molecule has 0 unspecified atom stereocenters. The van der Waals surface area contributed by atoms with E-state index in [1.165, 1.54) is 12.4 Å². The number of hydrogen-bond donors (Lipinski definition) is 2. The number of amides is 1. The van der Waals surface area contributed by atoms with Crippen molar-refractivity contribution in [3.63, 3.8) is 0 Å². The van der Waals surface area contributed by atoms with Gasteiger partial charge in [0.25, 0.3) is 5.91 Å². The number of carbonyl (C=O) groups is 1. The first-order valence-corrected chi connectivity index (χ1v) is 11.2. The van der Waals surface area contributed by atoms with Crippen LogP contribution >= 0.6 is 0 Å². The van der Waals surface area contributed by atoms with E-state index in [0.717, 1.165) is 16.8 Å². The molecule has 1 amide bonds. The van der Waals surface area contributed by atoms with Gasteiger partial charge >= 0.3 is 0 Å². The van der Waals surface area contributed by atoms with E-state index >= 15 is 0 Å². The van der Waals surface area contributed by atoms with Crippen LogP contribution in [-0.4, -0.2) is 20.7 Å². The summed E-state index contributed by atoms with van der Waals surface area (Å²) < 4.78 is 21.4. The Bertz CT molecular complexity index is 1410. The van der Waals surface area contributed by atoms with E-state index in [4.69, 9.17) is 4.74 Å². The molecule has 5 rings (SSSR count). The van der Waals surface area contributed by atoms with E-state index in [-0.39, 0.29) is 18.3 Å². The SMILES string of the molecule is CC1=C(C(=O)Nc2ccccc2C)[C@H](c2ccc(OCc3ccccc3F)cc2)n2ncnc2N1. The topological polar surface area (TPSA) is 81.1 Å². The van der Waals surface area contributed by atoms with Crippen LogP contribution in [0.25, 0.3) is 0 Å². The largest absolute Gasteiger partial charge is 0.489 e. The fraction of sp³-hybridized carbons (Fsp3) is 0.148. The quantitative estimate of drug-likeness (QED) is 0.404. The first-order valence-electron chi connectivity index (χ1n) is 11.2. The molecule has 0 saturated heterocycles. The Morgan fingerprint density at radius 3 is 2.57 bits per heavy atom. The molecule has 0 radical (unpaired) electrons. The monoisotopic (exact) mass is 469 g/mol. The average molecular weight is 470 g/mol. The maximum atomic E-state index is 13.9. The lowest BCUT2D eigenvalue weighted by molar-refractivity contribution is -0.113. The molecule has 0 bridgehead atoms. The number of rotatable bonds is 6. The summed E-state index contributed by atoms with van der Waals surface area (Å²) in [6, 6.07) is 21.0. The fourth-order valence-electron chi connectivity index (χ4n) is 4.12. The standard InChI is InChI=1S/C27H24FN5O2/c1-17-7-3-6-10-23(17)32-26(34)24-18(2)31-27-29-16-30-33(27)25(24)19-11-13-21(14-12-19)35-15-20-8-4-5-9-22(20)28/h3-14,16,25H,15H2,1-2H3,(H,32,34)(H,29,30,31)/t25-/m0/s1. The molecule has 1 aliphatic rings. The van der Waals surface area contributed by atoms with Crippen LogP contribution in [0.4, 0.5) is 16.0 Å². The van der Waals surface area contributed by atoms with Gasteiger partial charge in [-0.1, -0.05) is 48.5 Å². The molecule has 0 fully saturated rings. The van der Waals surface area contributed by atoms with Crippen molar-refractivity contribution < 1.29 is 13.9 Å². The highest BCUT2D eigenvalue weighted by molar-refractivity contribution is 6.06. The number of ether oxygens (including phenoxy) is 1. The van der Waals surface area contributed by atoms with Crippen molar-refractivity contribution >= 4 is 17.5 Å². The van der Waals surface area contributed by atoms with Gasteiger partial charge in [0.15, 0.2) is 0 Å². The summed E-state index contributed by atoms with van der Waals surface area (Å²) in [5.41, 5.74) is 4.27. The molecule has 3 aromatic carbocycles. The predicted molar refractivity (Wildman–Crippen MR) is 131 cm³/mol. The van der Waals surface area contributed by atoms with Gasteiger partial charge in [-0.3, -0.25) is 4.79 Å². The first-order chi connectivity index (χ1) is 17.0. The number of benzene rings is 3. The zero-order chi connectivity index (χ0) is 24.4. The summed E-state index contributed by atoms with van der Waals surface area (Å²) >= 11 is 0. The number of aryl methyl sites for hydroxylation is 1. The zero-order valence-electron chi connectivity index (χ0n) is 19.3. The maximum absolute atomic E-state index is 13.9. The second-order valence-electron chi connectivity index (χ2n) is 8.31. The van der Waals surface area contributed by atoms with Gasteiger partial charge in [0.1, 0.15) is 30.5 Å². The van der Waals surface area contributed by atoms with Crippen molar-refractivity contribution in [2.45, 2.75) is 26.5 Å². The Morgan fingerprint density at radius 1 is 1.06 bits per heavy atom. The lowest BCUT2D eigenvalue weighted by atomic mass is 9.95. The van der Waals surface area contributed by atoms with E-state index in [2.05, 4.69) is 20.7 Å². The van der Waals surface area contributed by atoms with Crippen LogP contribution in [0.5, 0.6) is 5.75 Å². The van der Waals surface area contributed by atoms with Gasteiger partial charge in [-0.15, -0.1) is 0 Å². The lowest BCUT2D eigenvalue weighted by Gasteiger charge is -2.29. The molecule has 0 aliphatic carbocycles. The van der Waals surface area contributed by atoms with Crippen LogP contribution in [0.2, 0.25) is 0 Å². The van der Waals surface area contributed by atoms with Gasteiger partial charge in [-0.25, -0.2) is 9.07 Å². The number of nitrogens with one attached hydrogen (secondary N) is 2. The van der Waals surface area contributed by atoms with Crippen molar-refractivity contribution in [2.24, 2.45) is 0 Å². The van der Waals surface area contributed by atoms with E-state index in [1.54, 1.807) is 35.0 Å². The number of anilines is 2. The van der Waals surface area contributed by atoms with Crippen LogP contribution in [-0.2, 0) is 11.4 Å². The molecule has 176 valence electrons. The summed E-state index contributed by atoms with van der Waals surface area (Å²) in [6.07, 6.45) is 1.46. The fourth-order valence-corrected chi connectivity index (χ4v) is 4.12. The molecule has 0 saturated carbocycles. The Labute approximate surface area is 202 Å². The highest BCUT2D eigenvalue weighted by atomic mass is 19.1. The summed E-state index contributed by atoms with van der Waals surface area (Å²) in [5, 5.41) is 10.6. The van der Waals surface area contributed by atoms with Gasteiger partial charge in [0.2, 0.25) is 5.95 Å². The van der Waals surface area contributed by atoms with Gasteiger partial charge in [-0.2, -0.15) is 10.1 Å². The van der Waals surface area contributed by atoms with Crippen LogP contribution in [0.3, 0.4) is 0 Å². The van der Waals surface area contributed by atoms with E-state index < -0.39 is 6.04 Å². The van der Waals surface area contributed by atoms with Crippen LogP contribution < -0.4 is 15.4 Å². The van der Waals surface area contributed by atoms with Crippen molar-refractivity contribution in [1.29, 1.82) is 0 Å². The molecule has 2 N–H and O–H groups in total. The van der Waals surface area contributed by atoms with Crippen molar-refractivity contribution in [1.82, 2.24) is 14.8 Å². The second-order valence-corrected chi connectivity index (χ2v) is 8.31. The number of aromatic nitrogens is 3. The van der Waals surface area contributed by atoms with Crippen molar-refractivity contribution in [2.75, 3.05) is 10.6 Å². The van der Waals surface area contributed by atoms with Gasteiger partial charge < -0.3 is 15.4 Å². The third kappa shape index (κ3) is 4.50. The highest BCUT2D eigenvalue weighted by Gasteiger charge is 2.33. The number of carbonyl (C=O) groups excluding carboxylic acids is 1. The number of hydrogen-bond acceptors (Lipinski definition) is 5. The molecule has 1 atom stereocenters. The lowest BCUT2D eigenvalue weighted by Crippen LogP contribution is -2.31. The van der Waals surface area contributed by atoms with Crippen LogP contribution in [0.1, 0.15) is 29.7 Å². The number of fused-ring (bicyclic) bond motifs is 1. The van der Waals surface area contributed by atoms with Gasteiger partial charge in [-0.05, 0) is 49.2 Å². The minimum absolute atomic E-state index is 0.121. The smallest absolute Gasteiger partial charge is 0.255 e. The molecule has 2 heterocycles. The van der Waals surface area contributed by atoms with Crippen molar-refractivity contribution in [3.05, 3.63) is 113 Å². The molecule has 1 aromatic heterocycles. The highest BCUT2D eigenvalue weighted by Crippen LogP contribution is 2.36. The molecule has 7 nitrogen and oxygen atoms in total. The van der Waals surface area contributed by atoms with Gasteiger partial charge in [0, 0.05) is 16.9 Å². The zero-order valence-corrected chi connectivity index (χ0v) is 19.3. The summed E-state index contributed by atoms with van der Waals surface area (Å²) in [7, 11) is 0. The van der Waals surface area contributed by atoms with Crippen LogP contribution in [0, 0.1) is 12.7 Å². The maximum Gasteiger partial charge on any atom is 0.255 e. The van der Waals surface area contributed by atoms with Gasteiger partial charge in [0.05, 0.1) is 5.57 Å². The van der Waals surface area contributed by atoms with E-state index in [1.807, 2.05) is 50.2 Å². The summed E-state index contributed by atoms with van der Waals surface area (Å²) in [6.45, 7) is 3.92. The van der Waals surface area contributed by atoms with E-state index in [9.17, 15) is 9.18 Å². The minimum atomic E-state index is -0.488. The number of halogens is 1. The Kier molecular flexibility index (Phi) is 6.01. The normalized spacial score (nSPS) is 14.8. The van der Waals surface area contributed by atoms with E-state index in [0.29, 0.717) is 28.5 Å². The average Bonchev–Trinajstić information content (AvgIpc) is 3.32.